The first-order valence-corrected chi connectivity index (χ1v) is 13.2. The molecular weight excluding hydrogens is 396 g/mol. The Morgan fingerprint density at radius 3 is 1.89 bits per heavy atom. The molecule has 3 rings (SSSR count). The van der Waals surface area contributed by atoms with Crippen molar-refractivity contribution in [2.45, 2.75) is 93.6 Å². The minimum Gasteiger partial charge on any atom is -0.207 e. The Bertz CT molecular complexity index is 871. The van der Waals surface area contributed by atoms with Gasteiger partial charge in [-0.15, -0.1) is 0 Å². The molecule has 0 N–H and O–H groups in total. The summed E-state index contributed by atoms with van der Waals surface area (Å²) in [5.41, 5.74) is 0. The van der Waals surface area contributed by atoms with Crippen LogP contribution in [0.3, 0.4) is 0 Å². The van der Waals surface area contributed by atoms with Gasteiger partial charge in [0.05, 0.1) is 9.79 Å². The number of rotatable bonds is 5. The Kier molecular flexibility index (Phi) is 6.54. The van der Waals surface area contributed by atoms with E-state index in [4.69, 9.17) is 0 Å². The predicted molar refractivity (Wildman–Crippen MR) is 110 cm³/mol. The van der Waals surface area contributed by atoms with Gasteiger partial charge in [-0.2, -0.15) is 8.61 Å². The van der Waals surface area contributed by atoms with Crippen LogP contribution in [0.25, 0.3) is 0 Å². The highest BCUT2D eigenvalue weighted by Crippen LogP contribution is 2.31. The first kappa shape index (κ1) is 21.7. The summed E-state index contributed by atoms with van der Waals surface area (Å²) in [4.78, 5) is 0.337. The van der Waals surface area contributed by atoms with Crippen molar-refractivity contribution in [2.24, 2.45) is 0 Å². The molecule has 0 radical (unpaired) electrons. The monoisotopic (exact) mass is 428 g/mol. The normalized spacial score (nSPS) is 28.3. The topological polar surface area (TPSA) is 74.8 Å². The highest BCUT2D eigenvalue weighted by molar-refractivity contribution is 7.89. The number of hydrogen-bond donors (Lipinski definition) is 0. The summed E-state index contributed by atoms with van der Waals surface area (Å²) in [6.45, 7) is 6.42. The largest absolute Gasteiger partial charge is 0.243 e. The Morgan fingerprint density at radius 2 is 1.36 bits per heavy atom. The lowest BCUT2D eigenvalue weighted by molar-refractivity contribution is 0.204. The second-order valence-corrected chi connectivity index (χ2v) is 11.8. The van der Waals surface area contributed by atoms with E-state index in [1.807, 2.05) is 20.8 Å². The molecule has 6 nitrogen and oxygen atoms in total. The lowest BCUT2D eigenvalue weighted by atomic mass is 10.0. The van der Waals surface area contributed by atoms with E-state index in [2.05, 4.69) is 0 Å². The molecule has 0 saturated carbocycles. The van der Waals surface area contributed by atoms with Crippen LogP contribution in [0.15, 0.2) is 34.1 Å². The lowest BCUT2D eigenvalue weighted by Gasteiger charge is -2.37. The van der Waals surface area contributed by atoms with Gasteiger partial charge in [-0.05, 0) is 70.2 Å². The highest BCUT2D eigenvalue weighted by Gasteiger charge is 2.36. The molecule has 28 heavy (non-hydrogen) atoms. The predicted octanol–water partition coefficient (Wildman–Crippen LogP) is 3.59. The highest BCUT2D eigenvalue weighted by atomic mass is 32.2. The van der Waals surface area contributed by atoms with E-state index in [1.54, 1.807) is 8.61 Å². The van der Waals surface area contributed by atoms with Crippen molar-refractivity contribution in [3.05, 3.63) is 24.3 Å². The summed E-state index contributed by atoms with van der Waals surface area (Å²) < 4.78 is 55.6. The smallest absolute Gasteiger partial charge is 0.207 e. The summed E-state index contributed by atoms with van der Waals surface area (Å²) in [7, 11) is -7.25. The molecule has 0 aliphatic carbocycles. The molecule has 0 amide bonds. The molecule has 2 aliphatic heterocycles. The first-order valence-electron chi connectivity index (χ1n) is 10.3. The van der Waals surface area contributed by atoms with E-state index in [0.717, 1.165) is 44.9 Å². The Morgan fingerprint density at radius 1 is 0.821 bits per heavy atom. The summed E-state index contributed by atoms with van der Waals surface area (Å²) >= 11 is 0. The molecule has 2 aliphatic rings. The van der Waals surface area contributed by atoms with E-state index in [0.29, 0.717) is 6.54 Å². The average Bonchev–Trinajstić information content (AvgIpc) is 2.67. The zero-order valence-electron chi connectivity index (χ0n) is 17.0. The molecule has 1 aromatic carbocycles. The Labute approximate surface area is 170 Å². The maximum atomic E-state index is 13.1. The molecule has 0 unspecified atom stereocenters. The van der Waals surface area contributed by atoms with Gasteiger partial charge in [0.2, 0.25) is 20.0 Å². The summed E-state index contributed by atoms with van der Waals surface area (Å²) in [6, 6.07) is 5.72. The van der Waals surface area contributed by atoms with Crippen LogP contribution in [0.1, 0.15) is 65.7 Å². The van der Waals surface area contributed by atoms with Crippen molar-refractivity contribution in [3.63, 3.8) is 0 Å². The average molecular weight is 429 g/mol. The van der Waals surface area contributed by atoms with Gasteiger partial charge in [-0.25, -0.2) is 16.8 Å². The number of benzene rings is 1. The first-order chi connectivity index (χ1) is 13.2. The van der Waals surface area contributed by atoms with Crippen LogP contribution in [0.2, 0.25) is 0 Å². The van der Waals surface area contributed by atoms with Crippen LogP contribution in [0, 0.1) is 0 Å². The van der Waals surface area contributed by atoms with Crippen LogP contribution >= 0.6 is 0 Å². The SMILES string of the molecule is CC[C@@H]1CCCCN1S(=O)(=O)c1ccc(S(=O)(=O)N2[C@@H](C)CCC[C@@H]2C)cc1. The summed E-state index contributed by atoms with van der Waals surface area (Å²) in [5, 5.41) is 0. The van der Waals surface area contributed by atoms with Crippen molar-refractivity contribution in [3.8, 4) is 0 Å². The van der Waals surface area contributed by atoms with E-state index in [-0.39, 0.29) is 27.9 Å². The number of hydrogen-bond acceptors (Lipinski definition) is 4. The minimum atomic E-state index is -3.64. The van der Waals surface area contributed by atoms with Gasteiger partial charge in [0.25, 0.3) is 0 Å². The number of sulfonamides is 2. The number of piperidine rings is 2. The van der Waals surface area contributed by atoms with Crippen molar-refractivity contribution in [2.75, 3.05) is 6.54 Å². The molecule has 2 saturated heterocycles. The van der Waals surface area contributed by atoms with Crippen molar-refractivity contribution >= 4 is 20.0 Å². The minimum absolute atomic E-state index is 0.0252. The van der Waals surface area contributed by atoms with Crippen LogP contribution in [-0.2, 0) is 20.0 Å². The van der Waals surface area contributed by atoms with Crippen LogP contribution in [-0.4, -0.2) is 50.1 Å². The van der Waals surface area contributed by atoms with Gasteiger partial charge >= 0.3 is 0 Å². The Balaban J connectivity index is 1.88. The maximum Gasteiger partial charge on any atom is 0.243 e. The van der Waals surface area contributed by atoms with E-state index in [1.165, 1.54) is 24.3 Å². The molecule has 0 bridgehead atoms. The van der Waals surface area contributed by atoms with Crippen LogP contribution < -0.4 is 0 Å². The molecule has 8 heteroatoms. The Hall–Kier alpha value is -0.960. The summed E-state index contributed by atoms with van der Waals surface area (Å²) in [5.74, 6) is 0. The van der Waals surface area contributed by atoms with Gasteiger partial charge in [0, 0.05) is 24.7 Å². The van der Waals surface area contributed by atoms with Gasteiger partial charge in [0.15, 0.2) is 0 Å². The van der Waals surface area contributed by atoms with Crippen LogP contribution in [0.5, 0.6) is 0 Å². The number of nitrogens with zero attached hydrogens (tertiary/aromatic N) is 2. The molecule has 3 atom stereocenters. The van der Waals surface area contributed by atoms with E-state index < -0.39 is 20.0 Å². The quantitative estimate of drug-likeness (QED) is 0.718. The third-order valence-electron chi connectivity index (χ3n) is 6.16. The molecule has 2 fully saturated rings. The fraction of sp³-hybridized carbons (Fsp3) is 0.700. The molecule has 0 spiro atoms. The van der Waals surface area contributed by atoms with Crippen LogP contribution in [0.4, 0.5) is 0 Å². The fourth-order valence-corrected chi connectivity index (χ4v) is 8.26. The molecule has 158 valence electrons. The second kappa shape index (κ2) is 8.42. The molecular formula is C20H32N2O4S2. The third-order valence-corrected chi connectivity index (χ3v) is 10.3. The van der Waals surface area contributed by atoms with E-state index >= 15 is 0 Å². The van der Waals surface area contributed by atoms with E-state index in [9.17, 15) is 16.8 Å². The maximum absolute atomic E-state index is 13.1. The third kappa shape index (κ3) is 4.01. The van der Waals surface area contributed by atoms with Gasteiger partial charge in [0.1, 0.15) is 0 Å². The van der Waals surface area contributed by atoms with Gasteiger partial charge in [-0.1, -0.05) is 19.8 Å². The zero-order chi connectivity index (χ0) is 20.5. The standard InChI is InChI=1S/C20H32N2O4S2/c1-4-18-10-5-6-15-21(18)27(23,24)19-11-13-20(14-12-19)28(25,26)22-16(2)8-7-9-17(22)3/h11-14,16-18H,4-10,15H2,1-3H3/t16-,17-,18+/m0/s1. The lowest BCUT2D eigenvalue weighted by Crippen LogP contribution is -2.47. The molecule has 1 aromatic rings. The summed E-state index contributed by atoms with van der Waals surface area (Å²) in [6.07, 6.45) is 6.32. The van der Waals surface area contributed by atoms with Gasteiger partial charge < -0.3 is 0 Å². The second-order valence-electron chi connectivity index (χ2n) is 8.11. The van der Waals surface area contributed by atoms with Crippen molar-refractivity contribution in [1.29, 1.82) is 0 Å². The zero-order valence-corrected chi connectivity index (χ0v) is 18.7. The van der Waals surface area contributed by atoms with Crippen molar-refractivity contribution < 1.29 is 16.8 Å². The fourth-order valence-electron chi connectivity index (χ4n) is 4.61. The van der Waals surface area contributed by atoms with Crippen molar-refractivity contribution in [1.82, 2.24) is 8.61 Å². The van der Waals surface area contributed by atoms with Gasteiger partial charge in [-0.3, -0.25) is 0 Å². The molecule has 2 heterocycles. The molecule has 0 aromatic heterocycles.